The molecular formula is C20H19FN4O. The lowest BCUT2D eigenvalue weighted by atomic mass is 10.2. The average molecular weight is 350 g/mol. The number of nitrogens with one attached hydrogen (secondary N) is 1. The minimum absolute atomic E-state index is 0.121. The van der Waals surface area contributed by atoms with Gasteiger partial charge in [0.1, 0.15) is 5.82 Å². The van der Waals surface area contributed by atoms with Crippen molar-refractivity contribution >= 4 is 17.5 Å². The van der Waals surface area contributed by atoms with Crippen LogP contribution in [0.2, 0.25) is 0 Å². The van der Waals surface area contributed by atoms with E-state index in [9.17, 15) is 9.18 Å². The van der Waals surface area contributed by atoms with Gasteiger partial charge in [-0.2, -0.15) is 0 Å². The van der Waals surface area contributed by atoms with Gasteiger partial charge in [-0.25, -0.2) is 14.4 Å². The molecule has 0 saturated heterocycles. The van der Waals surface area contributed by atoms with Crippen LogP contribution < -0.4 is 5.32 Å². The van der Waals surface area contributed by atoms with Gasteiger partial charge in [-0.1, -0.05) is 30.3 Å². The Morgan fingerprint density at radius 1 is 1.04 bits per heavy atom. The molecule has 1 aromatic heterocycles. The molecule has 0 atom stereocenters. The first-order valence-electron chi connectivity index (χ1n) is 8.33. The number of aromatic nitrogens is 2. The second-order valence-corrected chi connectivity index (χ2v) is 5.73. The van der Waals surface area contributed by atoms with E-state index < -0.39 is 0 Å². The molecular weight excluding hydrogens is 331 g/mol. The van der Waals surface area contributed by atoms with Crippen LogP contribution in [-0.4, -0.2) is 27.3 Å². The number of amides is 1. The maximum atomic E-state index is 12.9. The molecule has 0 bridgehead atoms. The van der Waals surface area contributed by atoms with Gasteiger partial charge in [-0.05, 0) is 36.8 Å². The van der Waals surface area contributed by atoms with Gasteiger partial charge in [0.05, 0.1) is 5.56 Å². The number of hydrogen-bond donors (Lipinski definition) is 1. The van der Waals surface area contributed by atoms with Crippen LogP contribution in [0.1, 0.15) is 22.8 Å². The summed E-state index contributed by atoms with van der Waals surface area (Å²) >= 11 is 0. The molecule has 3 rings (SSSR count). The quantitative estimate of drug-likeness (QED) is 0.729. The zero-order chi connectivity index (χ0) is 18.4. The zero-order valence-electron chi connectivity index (χ0n) is 14.4. The summed E-state index contributed by atoms with van der Waals surface area (Å²) in [4.78, 5) is 22.8. The summed E-state index contributed by atoms with van der Waals surface area (Å²) in [6, 6.07) is 15.7. The molecule has 0 spiro atoms. The van der Waals surface area contributed by atoms with Gasteiger partial charge in [-0.3, -0.25) is 4.79 Å². The van der Waals surface area contributed by atoms with E-state index in [1.165, 1.54) is 24.5 Å². The summed E-state index contributed by atoms with van der Waals surface area (Å²) in [5, 5.41) is 2.97. The molecule has 3 aromatic rings. The van der Waals surface area contributed by atoms with Crippen molar-refractivity contribution in [2.24, 2.45) is 0 Å². The fraction of sp³-hybridized carbons (Fsp3) is 0.150. The molecule has 0 aliphatic rings. The maximum Gasteiger partial charge on any atom is 0.257 e. The van der Waals surface area contributed by atoms with Crippen LogP contribution in [0.3, 0.4) is 0 Å². The lowest BCUT2D eigenvalue weighted by molar-refractivity contribution is 0.0752. The Bertz CT molecular complexity index is 851. The second-order valence-electron chi connectivity index (χ2n) is 5.73. The van der Waals surface area contributed by atoms with Gasteiger partial charge in [0, 0.05) is 31.2 Å². The maximum absolute atomic E-state index is 12.9. The van der Waals surface area contributed by atoms with E-state index in [-0.39, 0.29) is 11.7 Å². The topological polar surface area (TPSA) is 58.1 Å². The molecule has 132 valence electrons. The average Bonchev–Trinajstić information content (AvgIpc) is 2.69. The van der Waals surface area contributed by atoms with Gasteiger partial charge in [0.15, 0.2) is 0 Å². The van der Waals surface area contributed by atoms with Crippen molar-refractivity contribution in [1.82, 2.24) is 14.9 Å². The van der Waals surface area contributed by atoms with Crippen molar-refractivity contribution in [3.05, 3.63) is 83.9 Å². The van der Waals surface area contributed by atoms with E-state index in [0.717, 1.165) is 5.56 Å². The Morgan fingerprint density at radius 2 is 1.69 bits per heavy atom. The first-order valence-corrected chi connectivity index (χ1v) is 8.33. The Morgan fingerprint density at radius 3 is 2.31 bits per heavy atom. The Balaban J connectivity index is 1.68. The van der Waals surface area contributed by atoms with E-state index in [1.807, 2.05) is 37.3 Å². The number of anilines is 2. The van der Waals surface area contributed by atoms with Crippen LogP contribution in [0.15, 0.2) is 67.0 Å². The summed E-state index contributed by atoms with van der Waals surface area (Å²) < 4.78 is 12.9. The minimum Gasteiger partial charge on any atom is -0.335 e. The van der Waals surface area contributed by atoms with E-state index in [1.54, 1.807) is 17.0 Å². The highest BCUT2D eigenvalue weighted by atomic mass is 19.1. The third-order valence-corrected chi connectivity index (χ3v) is 3.88. The number of halogens is 1. The van der Waals surface area contributed by atoms with Crippen LogP contribution in [0.5, 0.6) is 0 Å². The number of carbonyl (C=O) groups excluding carboxylic acids is 1. The van der Waals surface area contributed by atoms with Crippen molar-refractivity contribution in [3.8, 4) is 0 Å². The number of carbonyl (C=O) groups is 1. The molecule has 0 unspecified atom stereocenters. The highest BCUT2D eigenvalue weighted by molar-refractivity contribution is 5.93. The van der Waals surface area contributed by atoms with E-state index in [4.69, 9.17) is 0 Å². The number of rotatable bonds is 6. The SMILES string of the molecule is CCN(Cc1ccccc1)C(=O)c1cnc(Nc2ccc(F)cc2)nc1. The smallest absolute Gasteiger partial charge is 0.257 e. The Kier molecular flexibility index (Phi) is 5.53. The molecule has 1 N–H and O–H groups in total. The molecule has 26 heavy (non-hydrogen) atoms. The summed E-state index contributed by atoms with van der Waals surface area (Å²) in [5.74, 6) is -0.0839. The molecule has 0 saturated carbocycles. The van der Waals surface area contributed by atoms with Crippen LogP contribution in [0.4, 0.5) is 16.0 Å². The lowest BCUT2D eigenvalue weighted by Gasteiger charge is -2.20. The predicted molar refractivity (Wildman–Crippen MR) is 98.6 cm³/mol. The summed E-state index contributed by atoms with van der Waals surface area (Å²) in [7, 11) is 0. The van der Waals surface area contributed by atoms with Gasteiger partial charge in [0.2, 0.25) is 5.95 Å². The number of benzene rings is 2. The van der Waals surface area contributed by atoms with Crippen molar-refractivity contribution in [1.29, 1.82) is 0 Å². The Hall–Kier alpha value is -3.28. The molecule has 2 aromatic carbocycles. The largest absolute Gasteiger partial charge is 0.335 e. The molecule has 1 amide bonds. The highest BCUT2D eigenvalue weighted by Gasteiger charge is 2.15. The molecule has 1 heterocycles. The fourth-order valence-electron chi connectivity index (χ4n) is 2.48. The zero-order valence-corrected chi connectivity index (χ0v) is 14.4. The monoisotopic (exact) mass is 350 g/mol. The van der Waals surface area contributed by atoms with Crippen LogP contribution >= 0.6 is 0 Å². The van der Waals surface area contributed by atoms with Gasteiger partial charge >= 0.3 is 0 Å². The third kappa shape index (κ3) is 4.42. The number of hydrogen-bond acceptors (Lipinski definition) is 4. The molecule has 5 nitrogen and oxygen atoms in total. The molecule has 0 aliphatic heterocycles. The third-order valence-electron chi connectivity index (χ3n) is 3.88. The van der Waals surface area contributed by atoms with Crippen molar-refractivity contribution in [3.63, 3.8) is 0 Å². The van der Waals surface area contributed by atoms with Crippen LogP contribution in [0, 0.1) is 5.82 Å². The van der Waals surface area contributed by atoms with Gasteiger partial charge in [0.25, 0.3) is 5.91 Å². The normalized spacial score (nSPS) is 10.4. The first-order chi connectivity index (χ1) is 12.7. The first kappa shape index (κ1) is 17.5. The van der Waals surface area contributed by atoms with Crippen LogP contribution in [-0.2, 0) is 6.54 Å². The predicted octanol–water partition coefficient (Wildman–Crippen LogP) is 4.02. The molecule has 0 aliphatic carbocycles. The van der Waals surface area contributed by atoms with Crippen molar-refractivity contribution in [2.75, 3.05) is 11.9 Å². The van der Waals surface area contributed by atoms with E-state index in [0.29, 0.717) is 30.3 Å². The second kappa shape index (κ2) is 8.20. The fourth-order valence-corrected chi connectivity index (χ4v) is 2.48. The van der Waals surface area contributed by atoms with Crippen molar-refractivity contribution in [2.45, 2.75) is 13.5 Å². The Labute approximate surface area is 151 Å². The van der Waals surface area contributed by atoms with Gasteiger partial charge < -0.3 is 10.2 Å². The molecule has 0 radical (unpaired) electrons. The van der Waals surface area contributed by atoms with E-state index >= 15 is 0 Å². The summed E-state index contributed by atoms with van der Waals surface area (Å²) in [5.41, 5.74) is 2.16. The van der Waals surface area contributed by atoms with Crippen LogP contribution in [0.25, 0.3) is 0 Å². The molecule has 0 fully saturated rings. The molecule has 6 heteroatoms. The lowest BCUT2D eigenvalue weighted by Crippen LogP contribution is -2.30. The summed E-state index contributed by atoms with van der Waals surface area (Å²) in [6.45, 7) is 3.06. The van der Waals surface area contributed by atoms with Gasteiger partial charge in [-0.15, -0.1) is 0 Å². The number of nitrogens with zero attached hydrogens (tertiary/aromatic N) is 3. The standard InChI is InChI=1S/C20H19FN4O/c1-2-25(14-15-6-4-3-5-7-15)19(26)16-12-22-20(23-13-16)24-18-10-8-17(21)9-11-18/h3-13H,2,14H2,1H3,(H,22,23,24). The summed E-state index contributed by atoms with van der Waals surface area (Å²) in [6.07, 6.45) is 2.99. The highest BCUT2D eigenvalue weighted by Crippen LogP contribution is 2.14. The minimum atomic E-state index is -0.310. The van der Waals surface area contributed by atoms with E-state index in [2.05, 4.69) is 15.3 Å². The van der Waals surface area contributed by atoms with Crippen molar-refractivity contribution < 1.29 is 9.18 Å².